The highest BCUT2D eigenvalue weighted by molar-refractivity contribution is 7.98. The summed E-state index contributed by atoms with van der Waals surface area (Å²) in [5.41, 5.74) is 0. The minimum Gasteiger partial charge on any atom is -0.497 e. The average Bonchev–Trinajstić information content (AvgIpc) is 2.58. The fourth-order valence-corrected chi connectivity index (χ4v) is 2.36. The number of guanidine groups is 1. The van der Waals surface area contributed by atoms with Gasteiger partial charge in [-0.15, -0.1) is 0 Å². The van der Waals surface area contributed by atoms with Crippen LogP contribution in [-0.2, 0) is 0 Å². The summed E-state index contributed by atoms with van der Waals surface area (Å²) in [6.07, 6.45) is 3.23. The highest BCUT2D eigenvalue weighted by Crippen LogP contribution is 2.16. The van der Waals surface area contributed by atoms with Gasteiger partial charge in [0.2, 0.25) is 0 Å². The maximum absolute atomic E-state index is 5.76. The quantitative estimate of drug-likeness (QED) is 0.403. The fraction of sp³-hybridized carbons (Fsp3) is 0.588. The third-order valence-electron chi connectivity index (χ3n) is 3.22. The van der Waals surface area contributed by atoms with Crippen LogP contribution < -0.4 is 14.8 Å². The molecule has 0 aliphatic heterocycles. The maximum atomic E-state index is 5.76. The number of hydrogen-bond acceptors (Lipinski definition) is 4. The monoisotopic (exact) mass is 339 g/mol. The Kier molecular flexibility index (Phi) is 10.1. The molecule has 0 atom stereocenters. The van der Waals surface area contributed by atoms with E-state index in [0.717, 1.165) is 49.3 Å². The predicted octanol–water partition coefficient (Wildman–Crippen LogP) is 2.72. The van der Waals surface area contributed by atoms with Crippen LogP contribution in [0.5, 0.6) is 11.5 Å². The molecule has 0 bridgehead atoms. The van der Waals surface area contributed by atoms with Gasteiger partial charge in [0.05, 0.1) is 13.7 Å². The molecule has 1 rings (SSSR count). The third kappa shape index (κ3) is 8.02. The molecule has 0 unspecified atom stereocenters. The summed E-state index contributed by atoms with van der Waals surface area (Å²) < 4.78 is 10.9. The van der Waals surface area contributed by atoms with E-state index in [9.17, 15) is 0 Å². The van der Waals surface area contributed by atoms with Crippen molar-refractivity contribution in [3.63, 3.8) is 0 Å². The van der Waals surface area contributed by atoms with Crippen LogP contribution >= 0.6 is 11.8 Å². The molecule has 23 heavy (non-hydrogen) atoms. The molecule has 1 aromatic rings. The first-order valence-electron chi connectivity index (χ1n) is 7.96. The summed E-state index contributed by atoms with van der Waals surface area (Å²) in [5, 5.41) is 3.32. The minimum atomic E-state index is 0.609. The molecule has 1 N–H and O–H groups in total. The van der Waals surface area contributed by atoms with Crippen LogP contribution in [0.4, 0.5) is 0 Å². The summed E-state index contributed by atoms with van der Waals surface area (Å²) in [7, 11) is 3.69. The summed E-state index contributed by atoms with van der Waals surface area (Å²) in [4.78, 5) is 6.75. The van der Waals surface area contributed by atoms with Gasteiger partial charge in [-0.2, -0.15) is 11.8 Å². The van der Waals surface area contributed by atoms with E-state index in [1.165, 1.54) is 0 Å². The van der Waals surface area contributed by atoms with Crippen LogP contribution in [0.2, 0.25) is 0 Å². The van der Waals surface area contributed by atoms with Crippen LogP contribution in [0, 0.1) is 0 Å². The summed E-state index contributed by atoms with van der Waals surface area (Å²) in [5.74, 6) is 3.77. The first-order valence-corrected chi connectivity index (χ1v) is 9.35. The number of nitrogens with one attached hydrogen (secondary N) is 1. The molecular weight excluding hydrogens is 310 g/mol. The van der Waals surface area contributed by atoms with Crippen LogP contribution in [0.25, 0.3) is 0 Å². The third-order valence-corrected chi connectivity index (χ3v) is 3.92. The van der Waals surface area contributed by atoms with E-state index < -0.39 is 0 Å². The van der Waals surface area contributed by atoms with E-state index in [0.29, 0.717) is 6.61 Å². The molecule has 0 spiro atoms. The second-order valence-electron chi connectivity index (χ2n) is 5.03. The van der Waals surface area contributed by atoms with Crippen molar-refractivity contribution in [3.8, 4) is 11.5 Å². The minimum absolute atomic E-state index is 0.609. The smallest absolute Gasteiger partial charge is 0.193 e. The molecule has 6 heteroatoms. The van der Waals surface area contributed by atoms with Gasteiger partial charge in [-0.25, -0.2) is 0 Å². The van der Waals surface area contributed by atoms with Gasteiger partial charge < -0.3 is 19.7 Å². The number of nitrogens with zero attached hydrogens (tertiary/aromatic N) is 2. The van der Waals surface area contributed by atoms with Gasteiger partial charge in [-0.05, 0) is 49.6 Å². The Morgan fingerprint density at radius 2 is 1.96 bits per heavy atom. The molecule has 0 radical (unpaired) electrons. The molecular formula is C17H29N3O2S. The zero-order valence-electron chi connectivity index (χ0n) is 14.7. The Bertz CT molecular complexity index is 452. The van der Waals surface area contributed by atoms with Crippen molar-refractivity contribution in [3.05, 3.63) is 24.3 Å². The van der Waals surface area contributed by atoms with Crippen LogP contribution in [0.1, 0.15) is 13.3 Å². The van der Waals surface area contributed by atoms with Crippen molar-refractivity contribution in [2.24, 2.45) is 4.99 Å². The lowest BCUT2D eigenvalue weighted by atomic mass is 10.3. The van der Waals surface area contributed by atoms with E-state index in [1.54, 1.807) is 7.11 Å². The molecule has 0 saturated carbocycles. The lowest BCUT2D eigenvalue weighted by molar-refractivity contribution is 0.281. The number of benzene rings is 1. The van der Waals surface area contributed by atoms with Crippen molar-refractivity contribution in [1.82, 2.24) is 10.2 Å². The summed E-state index contributed by atoms with van der Waals surface area (Å²) >= 11 is 1.86. The lowest BCUT2D eigenvalue weighted by Crippen LogP contribution is -2.41. The SMILES string of the molecule is CCNC(=NCCCSC)N(C)CCOc1ccc(OC)cc1. The van der Waals surface area contributed by atoms with Crippen molar-refractivity contribution < 1.29 is 9.47 Å². The van der Waals surface area contributed by atoms with Crippen LogP contribution in [-0.4, -0.2) is 63.3 Å². The average molecular weight is 340 g/mol. The molecule has 5 nitrogen and oxygen atoms in total. The van der Waals surface area contributed by atoms with Gasteiger partial charge in [0.1, 0.15) is 18.1 Å². The predicted molar refractivity (Wildman–Crippen MR) is 100 cm³/mol. The van der Waals surface area contributed by atoms with Crippen LogP contribution in [0.3, 0.4) is 0 Å². The maximum Gasteiger partial charge on any atom is 0.193 e. The van der Waals surface area contributed by atoms with Crippen molar-refractivity contribution in [2.75, 3.05) is 52.4 Å². The van der Waals surface area contributed by atoms with Gasteiger partial charge in [-0.1, -0.05) is 0 Å². The van der Waals surface area contributed by atoms with Gasteiger partial charge in [0.25, 0.3) is 0 Å². The zero-order valence-corrected chi connectivity index (χ0v) is 15.5. The summed E-state index contributed by atoms with van der Waals surface area (Å²) in [6.45, 7) is 5.19. The summed E-state index contributed by atoms with van der Waals surface area (Å²) in [6, 6.07) is 7.63. The first-order chi connectivity index (χ1) is 11.2. The van der Waals surface area contributed by atoms with E-state index in [1.807, 2.05) is 43.1 Å². The molecule has 0 aliphatic rings. The van der Waals surface area contributed by atoms with Gasteiger partial charge >= 0.3 is 0 Å². The van der Waals surface area contributed by atoms with E-state index in [4.69, 9.17) is 9.47 Å². The number of ether oxygens (including phenoxy) is 2. The van der Waals surface area contributed by atoms with E-state index >= 15 is 0 Å². The first kappa shape index (κ1) is 19.5. The highest BCUT2D eigenvalue weighted by Gasteiger charge is 2.05. The highest BCUT2D eigenvalue weighted by atomic mass is 32.2. The Balaban J connectivity index is 2.39. The van der Waals surface area contributed by atoms with Crippen molar-refractivity contribution in [2.45, 2.75) is 13.3 Å². The molecule has 0 aliphatic carbocycles. The number of rotatable bonds is 10. The standard InChI is InChI=1S/C17H29N3O2S/c1-5-18-17(19-11-6-14-23-4)20(2)12-13-22-16-9-7-15(21-3)8-10-16/h7-10H,5-6,11-14H2,1-4H3,(H,18,19). The van der Waals surface area contributed by atoms with Gasteiger partial charge in [0.15, 0.2) is 5.96 Å². The molecule has 0 fully saturated rings. The Morgan fingerprint density at radius 1 is 1.26 bits per heavy atom. The molecule has 0 heterocycles. The number of methoxy groups -OCH3 is 1. The van der Waals surface area contributed by atoms with E-state index in [-0.39, 0.29) is 0 Å². The Morgan fingerprint density at radius 3 is 2.57 bits per heavy atom. The molecule has 0 saturated heterocycles. The number of aliphatic imine (C=N–C) groups is 1. The van der Waals surface area contributed by atoms with Gasteiger partial charge in [-0.3, -0.25) is 4.99 Å². The van der Waals surface area contributed by atoms with Gasteiger partial charge in [0, 0.05) is 20.1 Å². The number of likely N-dealkylation sites (N-methyl/N-ethyl adjacent to an activating group) is 1. The molecule has 0 aromatic heterocycles. The number of thioether (sulfide) groups is 1. The fourth-order valence-electron chi connectivity index (χ4n) is 1.94. The number of hydrogen-bond donors (Lipinski definition) is 1. The van der Waals surface area contributed by atoms with Crippen molar-refractivity contribution in [1.29, 1.82) is 0 Å². The van der Waals surface area contributed by atoms with Crippen molar-refractivity contribution >= 4 is 17.7 Å². The van der Waals surface area contributed by atoms with Crippen LogP contribution in [0.15, 0.2) is 29.3 Å². The normalized spacial score (nSPS) is 11.2. The Hall–Kier alpha value is -1.56. The molecule has 1 aromatic carbocycles. The largest absolute Gasteiger partial charge is 0.497 e. The second kappa shape index (κ2) is 11.9. The van der Waals surface area contributed by atoms with E-state index in [2.05, 4.69) is 28.4 Å². The molecule has 0 amide bonds. The second-order valence-corrected chi connectivity index (χ2v) is 6.01. The Labute approximate surface area is 144 Å². The topological polar surface area (TPSA) is 46.1 Å². The lowest BCUT2D eigenvalue weighted by Gasteiger charge is -2.22. The molecule has 130 valence electrons. The zero-order chi connectivity index (χ0) is 16.9.